The van der Waals surface area contributed by atoms with Gasteiger partial charge >= 0.3 is 6.16 Å². The van der Waals surface area contributed by atoms with Gasteiger partial charge in [-0.15, -0.1) is 0 Å². The molecule has 4 fully saturated rings. The summed E-state index contributed by atoms with van der Waals surface area (Å²) >= 11 is 0. The average Bonchev–Trinajstić information content (AvgIpc) is 3.48. The molecule has 0 bridgehead atoms. The molecule has 0 amide bonds. The Morgan fingerprint density at radius 3 is 2.80 bits per heavy atom. The largest absolute Gasteiger partial charge is 0.510 e. The van der Waals surface area contributed by atoms with Crippen LogP contribution in [0.5, 0.6) is 0 Å². The van der Waals surface area contributed by atoms with E-state index in [0.717, 1.165) is 44.9 Å². The van der Waals surface area contributed by atoms with Gasteiger partial charge in [0, 0.05) is 11.8 Å². The van der Waals surface area contributed by atoms with Crippen LogP contribution in [0.2, 0.25) is 0 Å². The van der Waals surface area contributed by atoms with Crippen LogP contribution in [0, 0.1) is 46.8 Å². The van der Waals surface area contributed by atoms with Crippen molar-refractivity contribution in [3.63, 3.8) is 0 Å². The van der Waals surface area contributed by atoms with E-state index in [0.29, 0.717) is 47.7 Å². The van der Waals surface area contributed by atoms with Gasteiger partial charge in [-0.2, -0.15) is 0 Å². The molecule has 9 atom stereocenters. The summed E-state index contributed by atoms with van der Waals surface area (Å²) in [6.45, 7) is 4.48. The molecular weight excluding hydrogens is 380 g/mol. The lowest BCUT2D eigenvalue weighted by Gasteiger charge is -2.60. The third kappa shape index (κ3) is 2.63. The molecule has 4 saturated carbocycles. The summed E-state index contributed by atoms with van der Waals surface area (Å²) in [5.41, 5.74) is 0.229. The summed E-state index contributed by atoms with van der Waals surface area (Å²) in [6.07, 6.45) is 11.3. The number of hydrogen-bond acceptors (Lipinski definition) is 4. The molecule has 5 aliphatic carbocycles. The monoisotopic (exact) mass is 414 g/mol. The predicted molar refractivity (Wildman–Crippen MR) is 111 cm³/mol. The lowest BCUT2D eigenvalue weighted by molar-refractivity contribution is -0.139. The van der Waals surface area contributed by atoms with Crippen molar-refractivity contribution in [2.75, 3.05) is 0 Å². The number of fused-ring (bicyclic) bond motifs is 7. The third-order valence-electron chi connectivity index (χ3n) is 9.86. The van der Waals surface area contributed by atoms with Gasteiger partial charge in [-0.1, -0.05) is 25.8 Å². The Kier molecular flexibility index (Phi) is 4.70. The van der Waals surface area contributed by atoms with E-state index in [9.17, 15) is 14.7 Å². The van der Waals surface area contributed by atoms with Crippen molar-refractivity contribution in [3.05, 3.63) is 24.0 Å². The van der Waals surface area contributed by atoms with Crippen molar-refractivity contribution in [3.8, 4) is 0 Å². The van der Waals surface area contributed by atoms with Gasteiger partial charge in [0.2, 0.25) is 0 Å². The molecule has 2 N–H and O–H groups in total. The Bertz CT molecular complexity index is 814. The van der Waals surface area contributed by atoms with Crippen LogP contribution < -0.4 is 0 Å². The van der Waals surface area contributed by atoms with Crippen LogP contribution in [0.3, 0.4) is 0 Å². The molecular formula is C25H34O5. The van der Waals surface area contributed by atoms with E-state index in [4.69, 9.17) is 5.11 Å². The molecule has 0 radical (unpaired) electrons. The van der Waals surface area contributed by atoms with Crippen LogP contribution in [0.25, 0.3) is 0 Å². The molecule has 0 saturated heterocycles. The number of rotatable bonds is 4. The Labute approximate surface area is 178 Å². The van der Waals surface area contributed by atoms with Crippen molar-refractivity contribution in [1.29, 1.82) is 0 Å². The Hall–Kier alpha value is -1.62. The van der Waals surface area contributed by atoms with Crippen molar-refractivity contribution in [1.82, 2.24) is 0 Å². The van der Waals surface area contributed by atoms with Crippen molar-refractivity contribution < 1.29 is 24.5 Å². The van der Waals surface area contributed by atoms with Crippen LogP contribution >= 0.6 is 0 Å². The number of ether oxygens (including phenoxy) is 1. The normalized spacial score (nSPS) is 49.0. The van der Waals surface area contributed by atoms with E-state index in [1.165, 1.54) is 11.8 Å². The molecule has 0 unspecified atom stereocenters. The number of ketones is 1. The van der Waals surface area contributed by atoms with Crippen LogP contribution in [-0.2, 0) is 9.53 Å². The van der Waals surface area contributed by atoms with Crippen LogP contribution in [-0.4, -0.2) is 27.8 Å². The molecule has 0 heterocycles. The molecule has 30 heavy (non-hydrogen) atoms. The number of carbonyl (C=O) groups is 2. The quantitative estimate of drug-likeness (QED) is 0.502. The zero-order valence-corrected chi connectivity index (χ0v) is 18.0. The van der Waals surface area contributed by atoms with Gasteiger partial charge in [-0.25, -0.2) is 4.79 Å². The van der Waals surface area contributed by atoms with Gasteiger partial charge in [0.15, 0.2) is 5.78 Å². The molecule has 0 aliphatic heterocycles. The first-order chi connectivity index (χ1) is 14.4. The van der Waals surface area contributed by atoms with Gasteiger partial charge in [0.25, 0.3) is 0 Å². The summed E-state index contributed by atoms with van der Waals surface area (Å²) < 4.78 is 4.67. The molecule has 0 aromatic carbocycles. The zero-order chi connectivity index (χ0) is 21.3. The summed E-state index contributed by atoms with van der Waals surface area (Å²) in [7, 11) is 0. The molecule has 164 valence electrons. The van der Waals surface area contributed by atoms with Gasteiger partial charge < -0.3 is 14.9 Å². The Balaban J connectivity index is 1.52. The smallest absolute Gasteiger partial charge is 0.449 e. The minimum atomic E-state index is -1.34. The van der Waals surface area contributed by atoms with Crippen molar-refractivity contribution >= 4 is 11.9 Å². The minimum absolute atomic E-state index is 0.195. The first-order valence-corrected chi connectivity index (χ1v) is 11.9. The van der Waals surface area contributed by atoms with Gasteiger partial charge in [0.05, 0.1) is 11.9 Å². The van der Waals surface area contributed by atoms with E-state index < -0.39 is 11.8 Å². The fraction of sp³-hybridized carbons (Fsp3) is 0.760. The van der Waals surface area contributed by atoms with Crippen molar-refractivity contribution in [2.45, 2.75) is 70.8 Å². The van der Waals surface area contributed by atoms with E-state index in [-0.39, 0.29) is 11.3 Å². The standard InChI is InChI=1S/C25H34O5/c1-3-14-11-15-12-16(26)5-6-17(15)18-7-8-24(4-2)22(21(14)18)19-13-20(19)25(24,29)9-10-30-23(27)28/h9-10,12,14,17-22,29H,3-8,11,13H2,1-2H3,(H,27,28)/b10-9-/t14-,17-,18+,19-,20+,21+,22-,24-,25-/m0/s1. The summed E-state index contributed by atoms with van der Waals surface area (Å²) in [5, 5.41) is 20.8. The lowest BCUT2D eigenvalue weighted by Crippen LogP contribution is -2.57. The first-order valence-electron chi connectivity index (χ1n) is 11.9. The molecule has 0 aromatic rings. The molecule has 5 rings (SSSR count). The van der Waals surface area contributed by atoms with Crippen LogP contribution in [0.15, 0.2) is 24.0 Å². The number of carbonyl (C=O) groups excluding carboxylic acids is 1. The summed E-state index contributed by atoms with van der Waals surface area (Å²) in [4.78, 5) is 22.9. The van der Waals surface area contributed by atoms with Crippen LogP contribution in [0.1, 0.15) is 65.2 Å². The Morgan fingerprint density at radius 1 is 1.30 bits per heavy atom. The second-order valence-electron chi connectivity index (χ2n) is 10.5. The van der Waals surface area contributed by atoms with Gasteiger partial charge in [-0.05, 0) is 92.1 Å². The van der Waals surface area contributed by atoms with Gasteiger partial charge in [-0.3, -0.25) is 4.79 Å². The summed E-state index contributed by atoms with van der Waals surface area (Å²) in [6, 6.07) is 0. The predicted octanol–water partition coefficient (Wildman–Crippen LogP) is 4.95. The highest BCUT2D eigenvalue weighted by Crippen LogP contribution is 2.77. The first kappa shape index (κ1) is 20.3. The highest BCUT2D eigenvalue weighted by atomic mass is 16.7. The maximum Gasteiger partial charge on any atom is 0.510 e. The summed E-state index contributed by atoms with van der Waals surface area (Å²) in [5.74, 6) is 3.86. The fourth-order valence-corrected chi connectivity index (χ4v) is 8.78. The third-order valence-corrected chi connectivity index (χ3v) is 9.86. The zero-order valence-electron chi connectivity index (χ0n) is 18.0. The maximum atomic E-state index is 12.1. The number of carboxylic acid groups (broad SMARTS) is 1. The minimum Gasteiger partial charge on any atom is -0.449 e. The Morgan fingerprint density at radius 2 is 2.10 bits per heavy atom. The highest BCUT2D eigenvalue weighted by Gasteiger charge is 2.76. The maximum absolute atomic E-state index is 12.1. The SMILES string of the molecule is CC[C@H]1CC2=CC(=O)CC[C@@H]2[C@H]2CC[C@@]3(CC)[C@@H]([C@H]4C[C@H]4[C@@]3(O)/C=C\OC(=O)O)[C@H]12. The van der Waals surface area contributed by atoms with E-state index in [2.05, 4.69) is 18.6 Å². The fourth-order valence-electron chi connectivity index (χ4n) is 8.78. The topological polar surface area (TPSA) is 83.8 Å². The second kappa shape index (κ2) is 6.94. The van der Waals surface area contributed by atoms with E-state index in [1.807, 2.05) is 6.08 Å². The number of aliphatic hydroxyl groups is 1. The van der Waals surface area contributed by atoms with Crippen molar-refractivity contribution in [2.24, 2.45) is 46.8 Å². The van der Waals surface area contributed by atoms with Crippen LogP contribution in [0.4, 0.5) is 4.79 Å². The van der Waals surface area contributed by atoms with Gasteiger partial charge in [0.1, 0.15) is 0 Å². The molecule has 0 aromatic heterocycles. The molecule has 5 aliphatic rings. The lowest BCUT2D eigenvalue weighted by atomic mass is 9.45. The highest BCUT2D eigenvalue weighted by molar-refractivity contribution is 5.91. The second-order valence-corrected chi connectivity index (χ2v) is 10.5. The molecule has 0 spiro atoms. The molecule has 5 heteroatoms. The number of allylic oxidation sites excluding steroid dienone is 1. The number of hydrogen-bond donors (Lipinski definition) is 2. The average molecular weight is 415 g/mol. The van der Waals surface area contributed by atoms with E-state index in [1.54, 1.807) is 6.08 Å². The molecule has 5 nitrogen and oxygen atoms in total. The van der Waals surface area contributed by atoms with E-state index >= 15 is 0 Å².